The van der Waals surface area contributed by atoms with Crippen LogP contribution in [-0.4, -0.2) is 29.5 Å². The van der Waals surface area contributed by atoms with Crippen molar-refractivity contribution in [3.63, 3.8) is 0 Å². The van der Waals surface area contributed by atoms with Gasteiger partial charge in [-0.05, 0) is 43.4 Å². The lowest BCUT2D eigenvalue weighted by Crippen LogP contribution is -2.10. The van der Waals surface area contributed by atoms with E-state index in [4.69, 9.17) is 11.6 Å². The normalized spacial score (nSPS) is 10.8. The predicted molar refractivity (Wildman–Crippen MR) is 118 cm³/mol. The topological polar surface area (TPSA) is 91.0 Å². The van der Waals surface area contributed by atoms with E-state index in [0.29, 0.717) is 29.6 Å². The first-order valence-electron chi connectivity index (χ1n) is 9.07. The Morgan fingerprint density at radius 1 is 1.03 bits per heavy atom. The average Bonchev–Trinajstić information content (AvgIpc) is 2.71. The monoisotopic (exact) mass is 426 g/mol. The third-order valence-corrected chi connectivity index (χ3v) is 4.14. The molecule has 0 fully saturated rings. The third-order valence-electron chi connectivity index (χ3n) is 3.85. The first-order chi connectivity index (χ1) is 14.5. The van der Waals surface area contributed by atoms with Gasteiger partial charge in [0.15, 0.2) is 0 Å². The minimum absolute atomic E-state index is 0.0204. The minimum atomic E-state index is -0.489. The van der Waals surface area contributed by atoms with Gasteiger partial charge in [0.1, 0.15) is 23.8 Å². The summed E-state index contributed by atoms with van der Waals surface area (Å²) in [4.78, 5) is 20.3. The number of amides is 1. The number of carbonyl (C=O) groups is 1. The molecule has 0 saturated heterocycles. The molecule has 0 atom stereocenters. The SMILES string of the molecule is CNC/C=C/C(=O)Nc1cccc(Nc2cc(Nc3ccc(F)c(Cl)c3)ncn2)c1. The van der Waals surface area contributed by atoms with Crippen molar-refractivity contribution in [1.82, 2.24) is 15.3 Å². The van der Waals surface area contributed by atoms with Crippen molar-refractivity contribution in [2.24, 2.45) is 0 Å². The number of aromatic nitrogens is 2. The zero-order valence-electron chi connectivity index (χ0n) is 16.1. The Hall–Kier alpha value is -3.49. The van der Waals surface area contributed by atoms with E-state index in [1.165, 1.54) is 24.5 Å². The molecule has 0 spiro atoms. The van der Waals surface area contributed by atoms with Crippen molar-refractivity contribution in [2.75, 3.05) is 29.5 Å². The first kappa shape index (κ1) is 21.2. The molecule has 4 N–H and O–H groups in total. The van der Waals surface area contributed by atoms with Crippen LogP contribution in [0.5, 0.6) is 0 Å². The van der Waals surface area contributed by atoms with Crippen LogP contribution in [0.1, 0.15) is 0 Å². The summed E-state index contributed by atoms with van der Waals surface area (Å²) < 4.78 is 13.3. The Morgan fingerprint density at radius 2 is 1.73 bits per heavy atom. The van der Waals surface area contributed by atoms with Gasteiger partial charge in [0.05, 0.1) is 5.02 Å². The molecular weight excluding hydrogens is 407 g/mol. The number of rotatable bonds is 8. The fourth-order valence-corrected chi connectivity index (χ4v) is 2.69. The largest absolute Gasteiger partial charge is 0.340 e. The quantitative estimate of drug-likeness (QED) is 0.397. The number of likely N-dealkylation sites (N-methyl/N-ethyl adjacent to an activating group) is 1. The smallest absolute Gasteiger partial charge is 0.248 e. The number of nitrogens with one attached hydrogen (secondary N) is 4. The van der Waals surface area contributed by atoms with Crippen LogP contribution in [0, 0.1) is 5.82 Å². The van der Waals surface area contributed by atoms with Gasteiger partial charge in [-0.2, -0.15) is 0 Å². The molecule has 0 unspecified atom stereocenters. The molecule has 154 valence electrons. The van der Waals surface area contributed by atoms with Crippen LogP contribution in [0.25, 0.3) is 0 Å². The molecule has 0 saturated carbocycles. The summed E-state index contributed by atoms with van der Waals surface area (Å²) in [6.07, 6.45) is 4.61. The number of anilines is 5. The van der Waals surface area contributed by atoms with Crippen LogP contribution in [0.4, 0.5) is 33.1 Å². The van der Waals surface area contributed by atoms with Crippen LogP contribution >= 0.6 is 11.6 Å². The van der Waals surface area contributed by atoms with Crippen LogP contribution in [0.3, 0.4) is 0 Å². The van der Waals surface area contributed by atoms with E-state index in [9.17, 15) is 9.18 Å². The minimum Gasteiger partial charge on any atom is -0.340 e. The highest BCUT2D eigenvalue weighted by Crippen LogP contribution is 2.24. The molecule has 0 aliphatic carbocycles. The van der Waals surface area contributed by atoms with Gasteiger partial charge in [0.2, 0.25) is 5.91 Å². The molecule has 3 aromatic rings. The summed E-state index contributed by atoms with van der Waals surface area (Å²) in [5.74, 6) is 0.345. The van der Waals surface area contributed by atoms with Crippen LogP contribution in [0.15, 0.2) is 67.0 Å². The van der Waals surface area contributed by atoms with E-state index in [2.05, 4.69) is 31.2 Å². The van der Waals surface area contributed by atoms with Gasteiger partial charge >= 0.3 is 0 Å². The lowest BCUT2D eigenvalue weighted by molar-refractivity contribution is -0.111. The van der Waals surface area contributed by atoms with Gasteiger partial charge in [0.25, 0.3) is 0 Å². The van der Waals surface area contributed by atoms with Gasteiger partial charge in [-0.15, -0.1) is 0 Å². The fraction of sp³-hybridized carbons (Fsp3) is 0.0952. The second-order valence-electron chi connectivity index (χ2n) is 6.20. The molecule has 9 heteroatoms. The Bertz CT molecular complexity index is 1060. The van der Waals surface area contributed by atoms with E-state index in [0.717, 1.165) is 5.69 Å². The second-order valence-corrected chi connectivity index (χ2v) is 6.60. The molecule has 0 radical (unpaired) electrons. The van der Waals surface area contributed by atoms with Gasteiger partial charge in [0, 0.05) is 35.7 Å². The summed E-state index contributed by atoms with van der Waals surface area (Å²) in [5.41, 5.74) is 1.98. The molecular formula is C21H20ClFN6O. The number of carbonyl (C=O) groups excluding carboxylic acids is 1. The lowest BCUT2D eigenvalue weighted by Gasteiger charge is -2.10. The Labute approximate surface area is 178 Å². The highest BCUT2D eigenvalue weighted by molar-refractivity contribution is 6.31. The van der Waals surface area contributed by atoms with Crippen LogP contribution in [-0.2, 0) is 4.79 Å². The maximum atomic E-state index is 13.3. The van der Waals surface area contributed by atoms with Crippen LogP contribution in [0.2, 0.25) is 5.02 Å². The van der Waals surface area contributed by atoms with E-state index in [1.54, 1.807) is 37.4 Å². The molecule has 1 amide bonds. The lowest BCUT2D eigenvalue weighted by atomic mass is 10.2. The van der Waals surface area contributed by atoms with E-state index in [-0.39, 0.29) is 10.9 Å². The highest BCUT2D eigenvalue weighted by atomic mass is 35.5. The maximum Gasteiger partial charge on any atom is 0.248 e. The molecule has 0 aliphatic rings. The maximum absolute atomic E-state index is 13.3. The van der Waals surface area contributed by atoms with Gasteiger partial charge in [-0.3, -0.25) is 4.79 Å². The predicted octanol–water partition coefficient (Wildman–Crippen LogP) is 4.47. The number of nitrogens with zero attached hydrogens (tertiary/aromatic N) is 2. The fourth-order valence-electron chi connectivity index (χ4n) is 2.51. The Kier molecular flexibility index (Phi) is 7.31. The molecule has 0 bridgehead atoms. The number of halogens is 2. The van der Waals surface area contributed by atoms with Crippen molar-refractivity contribution >= 4 is 46.2 Å². The second kappa shape index (κ2) is 10.3. The van der Waals surface area contributed by atoms with Crippen molar-refractivity contribution in [2.45, 2.75) is 0 Å². The Morgan fingerprint density at radius 3 is 2.43 bits per heavy atom. The summed E-state index contributed by atoms with van der Waals surface area (Å²) in [6, 6.07) is 13.3. The summed E-state index contributed by atoms with van der Waals surface area (Å²) in [5, 5.41) is 12.0. The van der Waals surface area contributed by atoms with Crippen molar-refractivity contribution < 1.29 is 9.18 Å². The third kappa shape index (κ3) is 6.26. The van der Waals surface area contributed by atoms with E-state index in [1.807, 2.05) is 12.1 Å². The molecule has 1 heterocycles. The summed E-state index contributed by atoms with van der Waals surface area (Å²) >= 11 is 5.81. The number of benzene rings is 2. The molecule has 30 heavy (non-hydrogen) atoms. The zero-order chi connectivity index (χ0) is 21.3. The van der Waals surface area contributed by atoms with Crippen molar-refractivity contribution in [3.05, 3.63) is 77.9 Å². The summed E-state index contributed by atoms with van der Waals surface area (Å²) in [6.45, 7) is 0.614. The van der Waals surface area contributed by atoms with Gasteiger partial charge < -0.3 is 21.3 Å². The van der Waals surface area contributed by atoms with E-state index >= 15 is 0 Å². The summed E-state index contributed by atoms with van der Waals surface area (Å²) in [7, 11) is 1.81. The van der Waals surface area contributed by atoms with Crippen molar-refractivity contribution in [1.29, 1.82) is 0 Å². The van der Waals surface area contributed by atoms with Crippen LogP contribution < -0.4 is 21.3 Å². The molecule has 2 aromatic carbocycles. The average molecular weight is 427 g/mol. The first-order valence-corrected chi connectivity index (χ1v) is 9.44. The van der Waals surface area contributed by atoms with E-state index < -0.39 is 5.82 Å². The van der Waals surface area contributed by atoms with Gasteiger partial charge in [-0.1, -0.05) is 23.7 Å². The number of hydrogen-bond acceptors (Lipinski definition) is 6. The standard InChI is InChI=1S/C21H20ClFN6O/c1-24-9-3-6-21(30)29-15-5-2-4-14(10-15)27-19-12-20(26-13-25-19)28-16-7-8-18(23)17(22)11-16/h2-8,10-13,24H,9H2,1H3,(H,29,30)(H2,25,26,27,28)/b6-3+. The van der Waals surface area contributed by atoms with Gasteiger partial charge in [-0.25, -0.2) is 14.4 Å². The zero-order valence-corrected chi connectivity index (χ0v) is 16.9. The Balaban J connectivity index is 1.67. The highest BCUT2D eigenvalue weighted by Gasteiger charge is 2.05. The van der Waals surface area contributed by atoms with Crippen molar-refractivity contribution in [3.8, 4) is 0 Å². The molecule has 0 aliphatic heterocycles. The molecule has 1 aromatic heterocycles. The number of hydrogen-bond donors (Lipinski definition) is 4. The molecule has 7 nitrogen and oxygen atoms in total. The molecule has 3 rings (SSSR count).